The van der Waals surface area contributed by atoms with Gasteiger partial charge in [0, 0.05) is 36.4 Å². The van der Waals surface area contributed by atoms with E-state index in [9.17, 15) is 22.8 Å². The van der Waals surface area contributed by atoms with Crippen molar-refractivity contribution in [3.05, 3.63) is 59.7 Å². The maximum Gasteiger partial charge on any atom is 0.422 e. The van der Waals surface area contributed by atoms with Gasteiger partial charge in [-0.1, -0.05) is 26.0 Å². The number of carbonyl (C=O) groups is 2. The van der Waals surface area contributed by atoms with Crippen molar-refractivity contribution < 1.29 is 32.2 Å². The summed E-state index contributed by atoms with van der Waals surface area (Å²) in [4.78, 5) is 39.5. The number of amides is 3. The van der Waals surface area contributed by atoms with E-state index in [1.807, 2.05) is 46.8 Å². The topological polar surface area (TPSA) is 143 Å². The van der Waals surface area contributed by atoms with Gasteiger partial charge in [0.1, 0.15) is 12.4 Å². The molecule has 0 unspecified atom stereocenters. The molecule has 0 radical (unpaired) electrons. The average Bonchev–Trinajstić information content (AvgIpc) is 3.02. The molecule has 4 N–H and O–H groups in total. The van der Waals surface area contributed by atoms with Crippen LogP contribution < -0.4 is 30.7 Å². The predicted molar refractivity (Wildman–Crippen MR) is 173 cm³/mol. The van der Waals surface area contributed by atoms with Crippen molar-refractivity contribution in [2.24, 2.45) is 0 Å². The molecule has 0 saturated heterocycles. The lowest BCUT2D eigenvalue weighted by molar-refractivity contribution is -0.154. The minimum atomic E-state index is -4.58. The van der Waals surface area contributed by atoms with E-state index in [1.54, 1.807) is 41.3 Å². The van der Waals surface area contributed by atoms with Crippen LogP contribution in [0.4, 0.5) is 35.5 Å². The third kappa shape index (κ3) is 13.2. The van der Waals surface area contributed by atoms with Gasteiger partial charge in [0.2, 0.25) is 11.9 Å². The summed E-state index contributed by atoms with van der Waals surface area (Å²) in [6, 6.07) is 12.9. The highest BCUT2D eigenvalue weighted by Gasteiger charge is 2.29. The number of benzene rings is 2. The molecule has 0 atom stereocenters. The summed E-state index contributed by atoms with van der Waals surface area (Å²) in [6.45, 7) is 9.95. The molecule has 7 rings (SSSR count). The molecular formula is C32H43F3N8O4. The number of aromatic nitrogens is 3. The predicted octanol–water partition coefficient (Wildman–Crippen LogP) is 5.91. The second kappa shape index (κ2) is 17.2. The van der Waals surface area contributed by atoms with Crippen molar-refractivity contribution in [1.82, 2.24) is 30.5 Å². The lowest BCUT2D eigenvalue weighted by atomic mass is 10.1. The van der Waals surface area contributed by atoms with Gasteiger partial charge in [-0.2, -0.15) is 28.1 Å². The fourth-order valence-electron chi connectivity index (χ4n) is 4.14. The smallest absolute Gasteiger partial charge is 0.422 e. The summed E-state index contributed by atoms with van der Waals surface area (Å²) in [5.74, 6) is 0.272. The number of alkyl halides is 3. The molecule has 0 aliphatic carbocycles. The van der Waals surface area contributed by atoms with Crippen molar-refractivity contribution in [2.45, 2.75) is 65.7 Å². The first-order valence-electron chi connectivity index (χ1n) is 15.5. The summed E-state index contributed by atoms with van der Waals surface area (Å²) in [5.41, 5.74) is 1.32. The van der Waals surface area contributed by atoms with E-state index < -0.39 is 24.3 Å². The molecule has 15 heteroatoms. The number of hydrogen-bond donors (Lipinski definition) is 4. The van der Waals surface area contributed by atoms with Gasteiger partial charge in [0.15, 0.2) is 6.61 Å². The van der Waals surface area contributed by atoms with E-state index in [0.29, 0.717) is 49.5 Å². The molecule has 1 aromatic heterocycles. The minimum Gasteiger partial charge on any atom is -0.492 e. The Hall–Kier alpha value is -4.82. The number of carbonyl (C=O) groups excluding carboxylic acids is 2. The molecule has 4 aliphatic heterocycles. The van der Waals surface area contributed by atoms with Crippen LogP contribution in [-0.2, 0) is 6.54 Å². The molecule has 3 amide bonds. The van der Waals surface area contributed by atoms with Crippen LogP contribution in [0.25, 0.3) is 0 Å². The third-order valence-electron chi connectivity index (χ3n) is 6.30. The Bertz CT molecular complexity index is 1430. The SMILES string of the molecule is CC.CC(C)(C)NC(=O)N1CCCCNC(=O)c2ccc(cc2)Nc2nc(nc(OCC(F)(F)F)n2)NCc2ccc(cc2)OCC1. The Morgan fingerprint density at radius 3 is 2.28 bits per heavy atom. The molecule has 0 spiro atoms. The van der Waals surface area contributed by atoms with Gasteiger partial charge in [-0.15, -0.1) is 0 Å². The van der Waals surface area contributed by atoms with Gasteiger partial charge >= 0.3 is 18.2 Å². The molecule has 256 valence electrons. The number of anilines is 3. The fraction of sp³-hybridized carbons (Fsp3) is 0.469. The summed E-state index contributed by atoms with van der Waals surface area (Å²) in [7, 11) is 0. The van der Waals surface area contributed by atoms with Crippen molar-refractivity contribution in [3.63, 3.8) is 0 Å². The van der Waals surface area contributed by atoms with Crippen LogP contribution in [0, 0.1) is 0 Å². The van der Waals surface area contributed by atoms with E-state index in [-0.39, 0.29) is 37.0 Å². The Balaban J connectivity index is 0.00000294. The lowest BCUT2D eigenvalue weighted by Crippen LogP contribution is -2.49. The Morgan fingerprint density at radius 2 is 1.62 bits per heavy atom. The van der Waals surface area contributed by atoms with Gasteiger partial charge < -0.3 is 35.6 Å². The average molecular weight is 661 g/mol. The number of ether oxygens (including phenoxy) is 2. The van der Waals surface area contributed by atoms with E-state index >= 15 is 0 Å². The van der Waals surface area contributed by atoms with E-state index in [2.05, 4.69) is 36.2 Å². The second-order valence-corrected chi connectivity index (χ2v) is 11.3. The van der Waals surface area contributed by atoms with Gasteiger partial charge in [0.25, 0.3) is 5.91 Å². The molecule has 2 aromatic carbocycles. The largest absolute Gasteiger partial charge is 0.492 e. The quantitative estimate of drug-likeness (QED) is 0.264. The molecule has 6 bridgehead atoms. The molecular weight excluding hydrogens is 617 g/mol. The molecule has 0 saturated carbocycles. The van der Waals surface area contributed by atoms with Gasteiger partial charge in [-0.25, -0.2) is 4.79 Å². The summed E-state index contributed by atoms with van der Waals surface area (Å²) in [5, 5.41) is 11.8. The molecule has 4 aliphatic rings. The van der Waals surface area contributed by atoms with Gasteiger partial charge in [-0.3, -0.25) is 4.79 Å². The maximum absolute atomic E-state index is 12.9. The third-order valence-corrected chi connectivity index (χ3v) is 6.30. The molecule has 12 nitrogen and oxygen atoms in total. The van der Waals surface area contributed by atoms with Crippen molar-refractivity contribution in [3.8, 4) is 11.8 Å². The van der Waals surface area contributed by atoms with E-state index in [0.717, 1.165) is 5.56 Å². The first-order chi connectivity index (χ1) is 22.3. The van der Waals surface area contributed by atoms with E-state index in [4.69, 9.17) is 9.47 Å². The number of nitrogens with zero attached hydrogens (tertiary/aromatic N) is 4. The molecule has 47 heavy (non-hydrogen) atoms. The van der Waals surface area contributed by atoms with Crippen LogP contribution in [0.1, 0.15) is 63.4 Å². The van der Waals surface area contributed by atoms with Crippen LogP contribution in [0.2, 0.25) is 0 Å². The van der Waals surface area contributed by atoms with Crippen molar-refractivity contribution in [2.75, 3.05) is 43.5 Å². The normalized spacial score (nSPS) is 14.6. The number of hydrogen-bond acceptors (Lipinski definition) is 9. The number of nitrogens with one attached hydrogen (secondary N) is 4. The first-order valence-corrected chi connectivity index (χ1v) is 15.5. The standard InChI is InChI=1S/C30H37F3N8O4.C2H6/c1-29(2,3)40-28(43)41-15-5-4-14-34-24(42)21-8-10-22(11-9-21)36-26-37-25(38-27(39-26)45-19-30(31,32)33)35-18-20-6-12-23(13-7-20)44-17-16-41;1-2/h6-13H,4-5,14-19H2,1-3H3,(H,34,42)(H,40,43)(H2,35,36,37,38,39);1-2H3. The van der Waals surface area contributed by atoms with E-state index in [1.165, 1.54) is 0 Å². The monoisotopic (exact) mass is 660 g/mol. The van der Waals surface area contributed by atoms with Crippen molar-refractivity contribution in [1.29, 1.82) is 0 Å². The molecule has 3 aromatic rings. The Labute approximate surface area is 272 Å². The Morgan fingerprint density at radius 1 is 0.936 bits per heavy atom. The van der Waals surface area contributed by atoms with Crippen molar-refractivity contribution >= 4 is 29.5 Å². The number of urea groups is 1. The van der Waals surface area contributed by atoms with Crippen LogP contribution in [-0.4, -0.2) is 76.4 Å². The highest BCUT2D eigenvalue weighted by molar-refractivity contribution is 5.94. The highest BCUT2D eigenvalue weighted by atomic mass is 19.4. The van der Waals surface area contributed by atoms with Gasteiger partial charge in [0.05, 0.1) is 6.54 Å². The van der Waals surface area contributed by atoms with Crippen LogP contribution in [0.3, 0.4) is 0 Å². The maximum atomic E-state index is 12.9. The molecule has 0 fully saturated rings. The minimum absolute atomic E-state index is 0.0101. The number of halogens is 3. The number of rotatable bonds is 2. The van der Waals surface area contributed by atoms with Crippen LogP contribution in [0.15, 0.2) is 48.5 Å². The summed E-state index contributed by atoms with van der Waals surface area (Å²) >= 11 is 0. The summed E-state index contributed by atoms with van der Waals surface area (Å²) in [6.07, 6.45) is -3.25. The fourth-order valence-corrected chi connectivity index (χ4v) is 4.14. The van der Waals surface area contributed by atoms with Crippen LogP contribution in [0.5, 0.6) is 11.8 Å². The van der Waals surface area contributed by atoms with Gasteiger partial charge in [-0.05, 0) is 75.6 Å². The summed E-state index contributed by atoms with van der Waals surface area (Å²) < 4.78 is 49.1. The second-order valence-electron chi connectivity index (χ2n) is 11.3. The zero-order valence-electron chi connectivity index (χ0n) is 27.3. The molecule has 5 heterocycles. The first kappa shape index (κ1) is 36.6. The Kier molecular flexibility index (Phi) is 13.4. The highest BCUT2D eigenvalue weighted by Crippen LogP contribution is 2.21. The van der Waals surface area contributed by atoms with Crippen LogP contribution >= 0.6 is 0 Å². The lowest BCUT2D eigenvalue weighted by Gasteiger charge is -2.28. The zero-order valence-corrected chi connectivity index (χ0v) is 27.3. The zero-order chi connectivity index (χ0) is 34.5.